The van der Waals surface area contributed by atoms with Crippen molar-refractivity contribution in [1.82, 2.24) is 9.80 Å². The maximum atomic E-state index is 10.6. The number of piperazine rings is 1. The summed E-state index contributed by atoms with van der Waals surface area (Å²) in [7, 11) is 0. The van der Waals surface area contributed by atoms with Crippen molar-refractivity contribution in [2.45, 2.75) is 25.9 Å². The van der Waals surface area contributed by atoms with Gasteiger partial charge in [-0.1, -0.05) is 0 Å². The van der Waals surface area contributed by atoms with Gasteiger partial charge in [0.25, 0.3) is 0 Å². The molecular weight excluding hydrogens is 212 g/mol. The van der Waals surface area contributed by atoms with E-state index in [2.05, 4.69) is 0 Å². The summed E-state index contributed by atoms with van der Waals surface area (Å²) in [6.45, 7) is 5.08. The number of carboxylic acids is 2. The summed E-state index contributed by atoms with van der Waals surface area (Å²) in [6, 6.07) is 0.151. The van der Waals surface area contributed by atoms with Gasteiger partial charge in [0, 0.05) is 25.2 Å². The van der Waals surface area contributed by atoms with Gasteiger partial charge >= 0.3 is 11.9 Å². The normalized spacial score (nSPS) is 27.9. The number of hydrogen-bond acceptors (Lipinski definition) is 4. The Labute approximate surface area is 94.4 Å². The van der Waals surface area contributed by atoms with E-state index in [4.69, 9.17) is 10.2 Å². The molecule has 0 amide bonds. The molecular formula is C10H18N2O4. The fraction of sp³-hybridized carbons (Fsp3) is 0.800. The van der Waals surface area contributed by atoms with E-state index in [1.165, 1.54) is 0 Å². The Balaban J connectivity index is 2.55. The van der Waals surface area contributed by atoms with E-state index in [1.807, 2.05) is 23.6 Å². The summed E-state index contributed by atoms with van der Waals surface area (Å²) in [4.78, 5) is 25.0. The van der Waals surface area contributed by atoms with E-state index >= 15 is 0 Å². The quantitative estimate of drug-likeness (QED) is 0.681. The van der Waals surface area contributed by atoms with Crippen LogP contribution in [0.25, 0.3) is 0 Å². The van der Waals surface area contributed by atoms with Gasteiger partial charge in [0.1, 0.15) is 0 Å². The largest absolute Gasteiger partial charge is 0.480 e. The molecule has 2 N–H and O–H groups in total. The van der Waals surface area contributed by atoms with Crippen LogP contribution in [0.15, 0.2) is 0 Å². The Kier molecular flexibility index (Phi) is 4.26. The number of rotatable bonds is 4. The minimum atomic E-state index is -0.842. The van der Waals surface area contributed by atoms with Crippen LogP contribution in [0.2, 0.25) is 0 Å². The van der Waals surface area contributed by atoms with Gasteiger partial charge in [-0.3, -0.25) is 19.4 Å². The third kappa shape index (κ3) is 3.46. The van der Waals surface area contributed by atoms with Gasteiger partial charge in [-0.25, -0.2) is 0 Å². The molecule has 0 aromatic heterocycles. The van der Waals surface area contributed by atoms with Crippen LogP contribution in [0, 0.1) is 0 Å². The monoisotopic (exact) mass is 230 g/mol. The first kappa shape index (κ1) is 12.9. The molecule has 1 heterocycles. The molecule has 6 heteroatoms. The molecule has 0 bridgehead atoms. The molecule has 92 valence electrons. The molecule has 0 unspecified atom stereocenters. The van der Waals surface area contributed by atoms with E-state index in [9.17, 15) is 9.59 Å². The topological polar surface area (TPSA) is 81.1 Å². The zero-order valence-corrected chi connectivity index (χ0v) is 9.59. The second-order valence-corrected chi connectivity index (χ2v) is 4.34. The Morgan fingerprint density at radius 2 is 1.31 bits per heavy atom. The molecule has 0 aromatic rings. The van der Waals surface area contributed by atoms with Crippen LogP contribution in [0.3, 0.4) is 0 Å². The van der Waals surface area contributed by atoms with Crippen LogP contribution in [-0.2, 0) is 9.59 Å². The lowest BCUT2D eigenvalue weighted by atomic mass is 10.1. The minimum Gasteiger partial charge on any atom is -0.480 e. The molecule has 0 radical (unpaired) electrons. The smallest absolute Gasteiger partial charge is 0.317 e. The predicted octanol–water partition coefficient (Wildman–Crippen LogP) is -0.450. The van der Waals surface area contributed by atoms with Gasteiger partial charge in [-0.05, 0) is 13.8 Å². The van der Waals surface area contributed by atoms with Gasteiger partial charge < -0.3 is 10.2 Å². The zero-order chi connectivity index (χ0) is 12.3. The highest BCUT2D eigenvalue weighted by atomic mass is 16.4. The number of nitrogens with zero attached hydrogens (tertiary/aromatic N) is 2. The Bertz CT molecular complexity index is 254. The second kappa shape index (κ2) is 5.27. The van der Waals surface area contributed by atoms with Crippen molar-refractivity contribution in [2.75, 3.05) is 26.2 Å². The maximum absolute atomic E-state index is 10.6. The molecule has 0 aliphatic carbocycles. The number of hydrogen-bond donors (Lipinski definition) is 2. The van der Waals surface area contributed by atoms with Crippen LogP contribution in [0.5, 0.6) is 0 Å². The van der Waals surface area contributed by atoms with Gasteiger partial charge in [0.05, 0.1) is 13.1 Å². The van der Waals surface area contributed by atoms with Crippen molar-refractivity contribution in [3.8, 4) is 0 Å². The van der Waals surface area contributed by atoms with Crippen molar-refractivity contribution < 1.29 is 19.8 Å². The van der Waals surface area contributed by atoms with E-state index in [0.29, 0.717) is 13.1 Å². The second-order valence-electron chi connectivity index (χ2n) is 4.34. The fourth-order valence-electron chi connectivity index (χ4n) is 2.06. The van der Waals surface area contributed by atoms with E-state index < -0.39 is 11.9 Å². The van der Waals surface area contributed by atoms with Crippen LogP contribution >= 0.6 is 0 Å². The van der Waals surface area contributed by atoms with Gasteiger partial charge in [-0.15, -0.1) is 0 Å². The number of carbonyl (C=O) groups is 2. The van der Waals surface area contributed by atoms with Gasteiger partial charge in [-0.2, -0.15) is 0 Å². The van der Waals surface area contributed by atoms with Crippen molar-refractivity contribution >= 4 is 11.9 Å². The van der Waals surface area contributed by atoms with Crippen LogP contribution < -0.4 is 0 Å². The average Bonchev–Trinajstić information content (AvgIpc) is 2.11. The molecule has 2 atom stereocenters. The lowest BCUT2D eigenvalue weighted by Crippen LogP contribution is -2.58. The molecule has 0 spiro atoms. The molecule has 1 aliphatic heterocycles. The molecule has 6 nitrogen and oxygen atoms in total. The van der Waals surface area contributed by atoms with Crippen LogP contribution in [0.4, 0.5) is 0 Å². The minimum absolute atomic E-state index is 0.0203. The third-order valence-corrected chi connectivity index (χ3v) is 2.92. The van der Waals surface area contributed by atoms with Crippen molar-refractivity contribution in [2.24, 2.45) is 0 Å². The average molecular weight is 230 g/mol. The lowest BCUT2D eigenvalue weighted by molar-refractivity contribution is -0.143. The first-order chi connectivity index (χ1) is 7.40. The Morgan fingerprint density at radius 1 is 1.00 bits per heavy atom. The summed E-state index contributed by atoms with van der Waals surface area (Å²) in [5.41, 5.74) is 0. The molecule has 1 saturated heterocycles. The van der Waals surface area contributed by atoms with E-state index in [0.717, 1.165) is 0 Å². The highest BCUT2D eigenvalue weighted by Gasteiger charge is 2.30. The van der Waals surface area contributed by atoms with Crippen molar-refractivity contribution in [1.29, 1.82) is 0 Å². The number of aliphatic carboxylic acids is 2. The Hall–Kier alpha value is -1.14. The summed E-state index contributed by atoms with van der Waals surface area (Å²) in [5.74, 6) is -1.68. The number of carboxylic acid groups (broad SMARTS) is 2. The zero-order valence-electron chi connectivity index (χ0n) is 9.59. The Morgan fingerprint density at radius 3 is 1.56 bits per heavy atom. The molecule has 0 saturated carbocycles. The van der Waals surface area contributed by atoms with Gasteiger partial charge in [0.2, 0.25) is 0 Å². The van der Waals surface area contributed by atoms with Crippen LogP contribution in [-0.4, -0.2) is 70.2 Å². The first-order valence-electron chi connectivity index (χ1n) is 5.32. The van der Waals surface area contributed by atoms with E-state index in [1.54, 1.807) is 0 Å². The molecule has 0 aromatic carbocycles. The van der Waals surface area contributed by atoms with Crippen LogP contribution in [0.1, 0.15) is 13.8 Å². The highest BCUT2D eigenvalue weighted by molar-refractivity contribution is 5.69. The molecule has 16 heavy (non-hydrogen) atoms. The third-order valence-electron chi connectivity index (χ3n) is 2.92. The standard InChI is InChI=1S/C10H18N2O4/c1-7-3-12(6-10(15)16)8(2)4-11(7)5-9(13)14/h7-8H,3-6H2,1-2H3,(H,13,14)(H,15,16)/t7-,8+. The molecule has 1 rings (SSSR count). The molecule has 1 fully saturated rings. The lowest BCUT2D eigenvalue weighted by Gasteiger charge is -2.42. The van der Waals surface area contributed by atoms with Crippen molar-refractivity contribution in [3.05, 3.63) is 0 Å². The fourth-order valence-corrected chi connectivity index (χ4v) is 2.06. The van der Waals surface area contributed by atoms with Crippen molar-refractivity contribution in [3.63, 3.8) is 0 Å². The highest BCUT2D eigenvalue weighted by Crippen LogP contribution is 2.14. The molecule has 1 aliphatic rings. The predicted molar refractivity (Wildman–Crippen MR) is 57.3 cm³/mol. The van der Waals surface area contributed by atoms with E-state index in [-0.39, 0.29) is 25.2 Å². The SMILES string of the molecule is C[C@@H]1CN(CC(=O)O)[C@@H](C)CN1CC(=O)O. The summed E-state index contributed by atoms with van der Waals surface area (Å²) >= 11 is 0. The maximum Gasteiger partial charge on any atom is 0.317 e. The summed E-state index contributed by atoms with van der Waals surface area (Å²) in [6.07, 6.45) is 0. The summed E-state index contributed by atoms with van der Waals surface area (Å²) in [5, 5.41) is 17.5. The van der Waals surface area contributed by atoms with Gasteiger partial charge in [0.15, 0.2) is 0 Å². The summed E-state index contributed by atoms with van der Waals surface area (Å²) < 4.78 is 0. The first-order valence-corrected chi connectivity index (χ1v) is 5.32.